The molecule has 0 atom stereocenters. The van der Waals surface area contributed by atoms with E-state index in [9.17, 15) is 0 Å². The molecule has 0 amide bonds. The first kappa shape index (κ1) is 32.7. The highest BCUT2D eigenvalue weighted by molar-refractivity contribution is 5.93. The van der Waals surface area contributed by atoms with E-state index in [1.807, 2.05) is 36.4 Å². The third kappa shape index (κ3) is 11.2. The molecule has 0 aliphatic heterocycles. The number of para-hydroxylation sites is 1. The molecular formula is C36H54O5. The van der Waals surface area contributed by atoms with Gasteiger partial charge in [0.1, 0.15) is 11.5 Å². The second-order valence-corrected chi connectivity index (χ2v) is 11.1. The maximum Gasteiger partial charge on any atom is 0.205 e. The lowest BCUT2D eigenvalue weighted by molar-refractivity contribution is 0.255. The third-order valence-electron chi connectivity index (χ3n) is 7.86. The summed E-state index contributed by atoms with van der Waals surface area (Å²) < 4.78 is 29.7. The number of fused-ring (bicyclic) bond motifs is 1. The Labute approximate surface area is 248 Å². The van der Waals surface area contributed by atoms with Crippen molar-refractivity contribution in [2.75, 3.05) is 27.4 Å². The average Bonchev–Trinajstić information content (AvgIpc) is 3.48. The third-order valence-corrected chi connectivity index (χ3v) is 7.86. The minimum absolute atomic E-state index is 0.579. The number of methoxy groups -OCH3 is 2. The number of hydrogen-bond donors (Lipinski definition) is 0. The summed E-state index contributed by atoms with van der Waals surface area (Å²) in [5, 5.41) is 0.938. The standard InChI is InChI=1S/C36H54O5/c1-4-5-6-7-8-9-10-11-12-13-14-15-16-20-25-31-33(37-2)32-26-29-41-35(32)36(38-3)34(31)40-28-22-21-27-39-30-23-18-17-19-24-30/h17-19,23-24,26,29H,4-16,20-22,25,27-28H2,1-3H3. The van der Waals surface area contributed by atoms with Gasteiger partial charge in [0, 0.05) is 5.56 Å². The Bertz CT molecular complexity index is 1070. The number of benzene rings is 2. The van der Waals surface area contributed by atoms with Crippen molar-refractivity contribution in [3.05, 3.63) is 48.2 Å². The van der Waals surface area contributed by atoms with Gasteiger partial charge in [0.2, 0.25) is 5.75 Å². The largest absolute Gasteiger partial charge is 0.496 e. The van der Waals surface area contributed by atoms with Gasteiger partial charge in [0.15, 0.2) is 11.3 Å². The molecule has 1 heterocycles. The van der Waals surface area contributed by atoms with Gasteiger partial charge in [-0.15, -0.1) is 0 Å². The highest BCUT2D eigenvalue weighted by atomic mass is 16.5. The molecule has 0 bridgehead atoms. The monoisotopic (exact) mass is 566 g/mol. The van der Waals surface area contributed by atoms with E-state index in [1.54, 1.807) is 20.5 Å². The van der Waals surface area contributed by atoms with Crippen molar-refractivity contribution in [2.24, 2.45) is 0 Å². The summed E-state index contributed by atoms with van der Waals surface area (Å²) in [4.78, 5) is 0. The lowest BCUT2D eigenvalue weighted by Gasteiger charge is -2.19. The Morgan fingerprint density at radius 2 is 1.12 bits per heavy atom. The van der Waals surface area contributed by atoms with Crippen LogP contribution in [0.1, 0.15) is 115 Å². The predicted octanol–water partition coefficient (Wildman–Crippen LogP) is 10.7. The fraction of sp³-hybridized carbons (Fsp3) is 0.611. The summed E-state index contributed by atoms with van der Waals surface area (Å²) in [6.07, 6.45) is 23.3. The molecule has 3 aromatic rings. The lowest BCUT2D eigenvalue weighted by Crippen LogP contribution is -2.07. The van der Waals surface area contributed by atoms with Gasteiger partial charge in [0.25, 0.3) is 0 Å². The summed E-state index contributed by atoms with van der Waals surface area (Å²) in [5.41, 5.74) is 1.76. The van der Waals surface area contributed by atoms with Crippen LogP contribution in [0.5, 0.6) is 23.0 Å². The average molecular weight is 567 g/mol. The summed E-state index contributed by atoms with van der Waals surface area (Å²) in [6.45, 7) is 3.53. The first-order valence-corrected chi connectivity index (χ1v) is 16.2. The molecule has 0 aliphatic rings. The van der Waals surface area contributed by atoms with Crippen LogP contribution in [0, 0.1) is 0 Å². The van der Waals surface area contributed by atoms with Gasteiger partial charge in [0.05, 0.1) is 39.1 Å². The normalized spacial score (nSPS) is 11.2. The fourth-order valence-corrected chi connectivity index (χ4v) is 5.55. The predicted molar refractivity (Wildman–Crippen MR) is 170 cm³/mol. The van der Waals surface area contributed by atoms with Crippen LogP contribution in [0.25, 0.3) is 11.0 Å². The van der Waals surface area contributed by atoms with E-state index >= 15 is 0 Å². The number of unbranched alkanes of at least 4 members (excludes halogenated alkanes) is 14. The van der Waals surface area contributed by atoms with Crippen molar-refractivity contribution >= 4 is 11.0 Å². The minimum atomic E-state index is 0.579. The number of rotatable bonds is 24. The molecule has 1 aromatic heterocycles. The van der Waals surface area contributed by atoms with Gasteiger partial charge >= 0.3 is 0 Å². The maximum atomic E-state index is 6.38. The van der Waals surface area contributed by atoms with Crippen LogP contribution in [0.4, 0.5) is 0 Å². The van der Waals surface area contributed by atoms with E-state index in [0.717, 1.165) is 53.9 Å². The quantitative estimate of drug-likeness (QED) is 0.101. The van der Waals surface area contributed by atoms with Gasteiger partial charge in [-0.25, -0.2) is 0 Å². The van der Waals surface area contributed by atoms with Gasteiger partial charge in [-0.1, -0.05) is 109 Å². The van der Waals surface area contributed by atoms with Crippen LogP contribution in [-0.2, 0) is 6.42 Å². The van der Waals surface area contributed by atoms with E-state index in [1.165, 1.54) is 83.5 Å². The lowest BCUT2D eigenvalue weighted by atomic mass is 10.00. The molecule has 0 saturated heterocycles. The molecule has 0 fully saturated rings. The Kier molecular flexibility index (Phi) is 16.0. The molecule has 3 rings (SSSR count). The molecule has 0 spiro atoms. The zero-order valence-corrected chi connectivity index (χ0v) is 26.0. The van der Waals surface area contributed by atoms with E-state index in [2.05, 4.69) is 6.92 Å². The van der Waals surface area contributed by atoms with Crippen molar-refractivity contribution in [3.63, 3.8) is 0 Å². The van der Waals surface area contributed by atoms with Crippen molar-refractivity contribution in [2.45, 2.75) is 116 Å². The van der Waals surface area contributed by atoms with E-state index in [4.69, 9.17) is 23.4 Å². The molecule has 5 heteroatoms. The summed E-state index contributed by atoms with van der Waals surface area (Å²) in [5.74, 6) is 3.15. The van der Waals surface area contributed by atoms with Crippen LogP contribution in [0.3, 0.4) is 0 Å². The maximum absolute atomic E-state index is 6.38. The van der Waals surface area contributed by atoms with Crippen LogP contribution in [0.2, 0.25) is 0 Å². The summed E-state index contributed by atoms with van der Waals surface area (Å²) >= 11 is 0. The van der Waals surface area contributed by atoms with Crippen molar-refractivity contribution in [3.8, 4) is 23.0 Å². The van der Waals surface area contributed by atoms with Gasteiger partial charge < -0.3 is 23.4 Å². The topological polar surface area (TPSA) is 50.1 Å². The Hall–Kier alpha value is -2.82. The second kappa shape index (κ2) is 20.1. The van der Waals surface area contributed by atoms with Crippen molar-refractivity contribution < 1.29 is 23.4 Å². The number of ether oxygens (including phenoxy) is 4. The molecule has 0 N–H and O–H groups in total. The zero-order valence-electron chi connectivity index (χ0n) is 26.0. The van der Waals surface area contributed by atoms with E-state index < -0.39 is 0 Å². The molecule has 0 radical (unpaired) electrons. The number of hydrogen-bond acceptors (Lipinski definition) is 5. The van der Waals surface area contributed by atoms with Gasteiger partial charge in [-0.3, -0.25) is 0 Å². The molecule has 0 aliphatic carbocycles. The SMILES string of the molecule is CCCCCCCCCCCCCCCCc1c(OCCCCOc2ccccc2)c(OC)c2occc2c1OC. The summed E-state index contributed by atoms with van der Waals surface area (Å²) in [6, 6.07) is 11.9. The van der Waals surface area contributed by atoms with Gasteiger partial charge in [-0.05, 0) is 43.9 Å². The molecular weight excluding hydrogens is 512 g/mol. The summed E-state index contributed by atoms with van der Waals surface area (Å²) in [7, 11) is 3.41. The Balaban J connectivity index is 1.43. The molecule has 0 unspecified atom stereocenters. The molecule has 5 nitrogen and oxygen atoms in total. The number of furan rings is 1. The van der Waals surface area contributed by atoms with E-state index in [0.29, 0.717) is 24.5 Å². The van der Waals surface area contributed by atoms with Crippen molar-refractivity contribution in [1.82, 2.24) is 0 Å². The van der Waals surface area contributed by atoms with Gasteiger partial charge in [-0.2, -0.15) is 0 Å². The highest BCUT2D eigenvalue weighted by Crippen LogP contribution is 2.47. The minimum Gasteiger partial charge on any atom is -0.496 e. The highest BCUT2D eigenvalue weighted by Gasteiger charge is 2.24. The Morgan fingerprint density at radius 1 is 0.561 bits per heavy atom. The van der Waals surface area contributed by atoms with E-state index in [-0.39, 0.29) is 0 Å². The molecule has 41 heavy (non-hydrogen) atoms. The Morgan fingerprint density at radius 3 is 1.71 bits per heavy atom. The van der Waals surface area contributed by atoms with Crippen LogP contribution >= 0.6 is 0 Å². The first-order chi connectivity index (χ1) is 20.3. The fourth-order valence-electron chi connectivity index (χ4n) is 5.55. The molecule has 2 aromatic carbocycles. The van der Waals surface area contributed by atoms with Crippen LogP contribution in [0.15, 0.2) is 47.1 Å². The zero-order chi connectivity index (χ0) is 29.0. The van der Waals surface area contributed by atoms with Crippen LogP contribution in [-0.4, -0.2) is 27.4 Å². The molecule has 228 valence electrons. The van der Waals surface area contributed by atoms with Crippen molar-refractivity contribution in [1.29, 1.82) is 0 Å². The molecule has 0 saturated carbocycles. The smallest absolute Gasteiger partial charge is 0.205 e. The van der Waals surface area contributed by atoms with Crippen LogP contribution < -0.4 is 18.9 Å². The first-order valence-electron chi connectivity index (χ1n) is 16.2. The second-order valence-electron chi connectivity index (χ2n) is 11.1.